The lowest BCUT2D eigenvalue weighted by Crippen LogP contribution is -2.48. The molecule has 0 aliphatic heterocycles. The van der Waals surface area contributed by atoms with Gasteiger partial charge in [-0.2, -0.15) is 0 Å². The molecule has 4 aromatic carbocycles. The molecule has 2 amide bonds. The first-order valence-corrected chi connectivity index (χ1v) is 12.0. The Morgan fingerprint density at radius 3 is 1.66 bits per heavy atom. The Morgan fingerprint density at radius 1 is 0.629 bits per heavy atom. The van der Waals surface area contributed by atoms with Gasteiger partial charge in [0.1, 0.15) is 6.04 Å². The lowest BCUT2D eigenvalue weighted by atomic mass is 9.88. The molecule has 4 heteroatoms. The van der Waals surface area contributed by atoms with Gasteiger partial charge in [-0.25, -0.2) is 0 Å². The average Bonchev–Trinajstić information content (AvgIpc) is 2.92. The van der Waals surface area contributed by atoms with Gasteiger partial charge in [-0.15, -0.1) is 0 Å². The first-order valence-electron chi connectivity index (χ1n) is 12.0. The van der Waals surface area contributed by atoms with Gasteiger partial charge >= 0.3 is 0 Å². The van der Waals surface area contributed by atoms with Crippen molar-refractivity contribution in [2.45, 2.75) is 24.8 Å². The monoisotopic (exact) mass is 462 g/mol. The summed E-state index contributed by atoms with van der Waals surface area (Å²) in [7, 11) is 0. The van der Waals surface area contributed by atoms with Crippen LogP contribution in [0, 0.1) is 0 Å². The maximum Gasteiger partial charge on any atom is 0.251 e. The molecular weight excluding hydrogens is 432 g/mol. The summed E-state index contributed by atoms with van der Waals surface area (Å²) in [6.07, 6.45) is 1.18. The predicted octanol–water partition coefficient (Wildman–Crippen LogP) is 5.37. The number of carbonyl (C=O) groups excluding carboxylic acids is 2. The number of rotatable bonds is 10. The lowest BCUT2D eigenvalue weighted by Gasteiger charge is -2.21. The van der Waals surface area contributed by atoms with Crippen LogP contribution in [-0.2, 0) is 11.2 Å². The van der Waals surface area contributed by atoms with Gasteiger partial charge in [0.15, 0.2) is 0 Å². The van der Waals surface area contributed by atoms with Gasteiger partial charge < -0.3 is 10.6 Å². The summed E-state index contributed by atoms with van der Waals surface area (Å²) in [5.41, 5.74) is 3.95. The van der Waals surface area contributed by atoms with Crippen LogP contribution in [0.15, 0.2) is 121 Å². The Hall–Kier alpha value is -4.18. The molecule has 0 aliphatic rings. The van der Waals surface area contributed by atoms with Crippen LogP contribution in [0.3, 0.4) is 0 Å². The quantitative estimate of drug-likeness (QED) is 0.333. The average molecular weight is 463 g/mol. The van der Waals surface area contributed by atoms with Crippen LogP contribution >= 0.6 is 0 Å². The summed E-state index contributed by atoms with van der Waals surface area (Å²) in [5, 5.41) is 6.01. The second kappa shape index (κ2) is 12.3. The van der Waals surface area contributed by atoms with E-state index in [0.717, 1.165) is 12.0 Å². The highest BCUT2D eigenvalue weighted by Gasteiger charge is 2.22. The minimum Gasteiger partial charge on any atom is -0.354 e. The Bertz CT molecular complexity index is 1160. The normalized spacial score (nSPS) is 11.6. The maximum absolute atomic E-state index is 13.2. The number of hydrogen-bond acceptors (Lipinski definition) is 2. The van der Waals surface area contributed by atoms with Crippen molar-refractivity contribution >= 4 is 11.8 Å². The van der Waals surface area contributed by atoms with Crippen LogP contribution in [0.2, 0.25) is 0 Å². The molecule has 176 valence electrons. The molecular formula is C31H30N2O2. The molecule has 0 saturated carbocycles. The van der Waals surface area contributed by atoms with E-state index in [1.54, 1.807) is 12.1 Å². The molecule has 1 atom stereocenters. The maximum atomic E-state index is 13.2. The van der Waals surface area contributed by atoms with Crippen LogP contribution in [0.25, 0.3) is 0 Å². The number of amides is 2. The SMILES string of the molecule is O=C(NC(Cc1ccccc1)C(=O)NCCC(c1ccccc1)c1ccccc1)c1ccccc1. The molecule has 0 aliphatic carbocycles. The third-order valence-electron chi connectivity index (χ3n) is 6.08. The van der Waals surface area contributed by atoms with Gasteiger partial charge in [0, 0.05) is 24.4 Å². The van der Waals surface area contributed by atoms with E-state index < -0.39 is 6.04 Å². The fourth-order valence-electron chi connectivity index (χ4n) is 4.25. The van der Waals surface area contributed by atoms with E-state index in [1.165, 1.54) is 11.1 Å². The Labute approximate surface area is 207 Å². The van der Waals surface area contributed by atoms with E-state index in [1.807, 2.05) is 84.9 Å². The molecule has 0 radical (unpaired) electrons. The second-order valence-corrected chi connectivity index (χ2v) is 8.54. The summed E-state index contributed by atoms with van der Waals surface area (Å²) in [6, 6.07) is 38.7. The molecule has 0 fully saturated rings. The summed E-state index contributed by atoms with van der Waals surface area (Å²) < 4.78 is 0. The van der Waals surface area contributed by atoms with Crippen LogP contribution < -0.4 is 10.6 Å². The van der Waals surface area contributed by atoms with E-state index in [9.17, 15) is 9.59 Å². The van der Waals surface area contributed by atoms with Gasteiger partial charge in [-0.1, -0.05) is 109 Å². The zero-order chi connectivity index (χ0) is 24.3. The Kier molecular flexibility index (Phi) is 8.44. The van der Waals surface area contributed by atoms with Crippen molar-refractivity contribution in [1.29, 1.82) is 0 Å². The van der Waals surface area contributed by atoms with Crippen molar-refractivity contribution in [1.82, 2.24) is 10.6 Å². The minimum absolute atomic E-state index is 0.171. The van der Waals surface area contributed by atoms with E-state index >= 15 is 0 Å². The lowest BCUT2D eigenvalue weighted by molar-refractivity contribution is -0.122. The van der Waals surface area contributed by atoms with Crippen LogP contribution in [0.1, 0.15) is 39.4 Å². The number of nitrogens with one attached hydrogen (secondary N) is 2. The zero-order valence-electron chi connectivity index (χ0n) is 19.6. The van der Waals surface area contributed by atoms with Gasteiger partial charge in [0.05, 0.1) is 0 Å². The van der Waals surface area contributed by atoms with Crippen molar-refractivity contribution in [3.8, 4) is 0 Å². The molecule has 0 aromatic heterocycles. The van der Waals surface area contributed by atoms with Gasteiger partial charge in [-0.05, 0) is 35.2 Å². The van der Waals surface area contributed by atoms with Crippen molar-refractivity contribution in [2.24, 2.45) is 0 Å². The second-order valence-electron chi connectivity index (χ2n) is 8.54. The summed E-state index contributed by atoms with van der Waals surface area (Å²) in [6.45, 7) is 0.500. The van der Waals surface area contributed by atoms with Gasteiger partial charge in [0.2, 0.25) is 5.91 Å². The van der Waals surface area contributed by atoms with Crippen LogP contribution in [0.4, 0.5) is 0 Å². The van der Waals surface area contributed by atoms with E-state index in [-0.39, 0.29) is 17.7 Å². The third kappa shape index (κ3) is 6.90. The largest absolute Gasteiger partial charge is 0.354 e. The standard InChI is InChI=1S/C31H30N2O2/c34-30(27-19-11-4-12-20-27)33-29(23-24-13-5-1-6-14-24)31(35)32-22-21-28(25-15-7-2-8-16-25)26-17-9-3-10-18-26/h1-20,28-29H,21-23H2,(H,32,35)(H,33,34). The number of benzene rings is 4. The topological polar surface area (TPSA) is 58.2 Å². The Balaban J connectivity index is 1.45. The van der Waals surface area contributed by atoms with E-state index in [0.29, 0.717) is 18.5 Å². The highest BCUT2D eigenvalue weighted by atomic mass is 16.2. The predicted molar refractivity (Wildman–Crippen MR) is 140 cm³/mol. The van der Waals surface area contributed by atoms with Crippen molar-refractivity contribution in [2.75, 3.05) is 6.54 Å². The van der Waals surface area contributed by atoms with E-state index in [2.05, 4.69) is 34.9 Å². The van der Waals surface area contributed by atoms with Gasteiger partial charge in [-0.3, -0.25) is 9.59 Å². The van der Waals surface area contributed by atoms with Crippen molar-refractivity contribution < 1.29 is 9.59 Å². The molecule has 0 spiro atoms. The molecule has 4 aromatic rings. The number of hydrogen-bond donors (Lipinski definition) is 2. The Morgan fingerprint density at radius 2 is 1.11 bits per heavy atom. The fourth-order valence-corrected chi connectivity index (χ4v) is 4.25. The highest BCUT2D eigenvalue weighted by molar-refractivity contribution is 5.97. The number of carbonyl (C=O) groups is 2. The summed E-state index contributed by atoms with van der Waals surface area (Å²) in [5.74, 6) is -0.268. The zero-order valence-corrected chi connectivity index (χ0v) is 19.6. The summed E-state index contributed by atoms with van der Waals surface area (Å²) >= 11 is 0. The molecule has 4 nitrogen and oxygen atoms in total. The smallest absolute Gasteiger partial charge is 0.251 e. The van der Waals surface area contributed by atoms with Crippen molar-refractivity contribution in [3.63, 3.8) is 0 Å². The molecule has 4 rings (SSSR count). The fraction of sp³-hybridized carbons (Fsp3) is 0.161. The third-order valence-corrected chi connectivity index (χ3v) is 6.08. The highest BCUT2D eigenvalue weighted by Crippen LogP contribution is 2.27. The summed E-state index contributed by atoms with van der Waals surface area (Å²) in [4.78, 5) is 26.1. The van der Waals surface area contributed by atoms with Crippen LogP contribution in [0.5, 0.6) is 0 Å². The molecule has 0 saturated heterocycles. The van der Waals surface area contributed by atoms with E-state index in [4.69, 9.17) is 0 Å². The van der Waals surface area contributed by atoms with Crippen LogP contribution in [-0.4, -0.2) is 24.4 Å². The molecule has 35 heavy (non-hydrogen) atoms. The minimum atomic E-state index is -0.669. The van der Waals surface area contributed by atoms with Gasteiger partial charge in [0.25, 0.3) is 5.91 Å². The first-order chi connectivity index (χ1) is 17.2. The first kappa shape index (κ1) is 24.0. The van der Waals surface area contributed by atoms with Crippen molar-refractivity contribution in [3.05, 3.63) is 144 Å². The molecule has 1 unspecified atom stereocenters. The molecule has 2 N–H and O–H groups in total. The molecule has 0 bridgehead atoms. The molecule has 0 heterocycles.